The van der Waals surface area contributed by atoms with Crippen molar-refractivity contribution in [1.82, 2.24) is 0 Å². The zero-order valence-corrected chi connectivity index (χ0v) is 12.5. The Morgan fingerprint density at radius 2 is 1.70 bits per heavy atom. The lowest BCUT2D eigenvalue weighted by molar-refractivity contribution is 0.262. The number of nitriles is 1. The third-order valence-electron chi connectivity index (χ3n) is 2.45. The SMILES string of the molecule is N#Cc1ccc(NC(=O)Nc2ccc(Br)c(Cl)c2)cc1. The molecule has 0 aliphatic rings. The van der Waals surface area contributed by atoms with Crippen molar-refractivity contribution in [2.45, 2.75) is 0 Å². The van der Waals surface area contributed by atoms with Crippen molar-refractivity contribution in [3.63, 3.8) is 0 Å². The van der Waals surface area contributed by atoms with Gasteiger partial charge in [0.1, 0.15) is 0 Å². The molecular weight excluding hydrogens is 342 g/mol. The molecule has 0 bridgehead atoms. The summed E-state index contributed by atoms with van der Waals surface area (Å²) in [5.74, 6) is 0. The molecule has 0 atom stereocenters. The van der Waals surface area contributed by atoms with Crippen LogP contribution < -0.4 is 10.6 Å². The van der Waals surface area contributed by atoms with Crippen molar-refractivity contribution in [2.75, 3.05) is 10.6 Å². The van der Waals surface area contributed by atoms with E-state index in [4.69, 9.17) is 16.9 Å². The van der Waals surface area contributed by atoms with Gasteiger partial charge in [-0.05, 0) is 58.4 Å². The van der Waals surface area contributed by atoms with Crippen LogP contribution in [0.4, 0.5) is 16.2 Å². The van der Waals surface area contributed by atoms with Gasteiger partial charge >= 0.3 is 6.03 Å². The minimum Gasteiger partial charge on any atom is -0.308 e. The van der Waals surface area contributed by atoms with Crippen molar-refractivity contribution in [1.29, 1.82) is 5.26 Å². The highest BCUT2D eigenvalue weighted by Gasteiger charge is 2.04. The average molecular weight is 351 g/mol. The van der Waals surface area contributed by atoms with Crippen LogP contribution >= 0.6 is 27.5 Å². The number of hydrogen-bond donors (Lipinski definition) is 2. The maximum atomic E-state index is 11.8. The van der Waals surface area contributed by atoms with Gasteiger partial charge in [0.2, 0.25) is 0 Å². The van der Waals surface area contributed by atoms with E-state index in [2.05, 4.69) is 26.6 Å². The Hall–Kier alpha value is -2.03. The first kappa shape index (κ1) is 14.4. The van der Waals surface area contributed by atoms with Crippen LogP contribution in [0.3, 0.4) is 0 Å². The van der Waals surface area contributed by atoms with Crippen LogP contribution in [0.25, 0.3) is 0 Å². The van der Waals surface area contributed by atoms with Crippen LogP contribution in [-0.4, -0.2) is 6.03 Å². The lowest BCUT2D eigenvalue weighted by Gasteiger charge is -2.08. The monoisotopic (exact) mass is 349 g/mol. The topological polar surface area (TPSA) is 64.9 Å². The summed E-state index contributed by atoms with van der Waals surface area (Å²) >= 11 is 9.22. The van der Waals surface area contributed by atoms with Crippen LogP contribution in [0, 0.1) is 11.3 Å². The second-order valence-corrected chi connectivity index (χ2v) is 5.16. The Balaban J connectivity index is 2.01. The number of benzene rings is 2. The second-order valence-electron chi connectivity index (χ2n) is 3.90. The van der Waals surface area contributed by atoms with Gasteiger partial charge in [-0.1, -0.05) is 11.6 Å². The summed E-state index contributed by atoms with van der Waals surface area (Å²) < 4.78 is 0.761. The Bertz CT molecular complexity index is 680. The number of rotatable bonds is 2. The highest BCUT2D eigenvalue weighted by molar-refractivity contribution is 9.10. The summed E-state index contributed by atoms with van der Waals surface area (Å²) in [4.78, 5) is 11.8. The average Bonchev–Trinajstić information content (AvgIpc) is 2.44. The van der Waals surface area contributed by atoms with Crippen molar-refractivity contribution >= 4 is 44.9 Å². The summed E-state index contributed by atoms with van der Waals surface area (Å²) in [6.07, 6.45) is 0. The van der Waals surface area contributed by atoms with E-state index in [0.29, 0.717) is 22.0 Å². The molecule has 0 spiro atoms. The molecule has 2 aromatic carbocycles. The molecule has 0 saturated heterocycles. The molecule has 0 radical (unpaired) electrons. The minimum absolute atomic E-state index is 0.381. The molecule has 2 rings (SSSR count). The van der Waals surface area contributed by atoms with E-state index < -0.39 is 0 Å². The Morgan fingerprint density at radius 1 is 1.10 bits per heavy atom. The van der Waals surface area contributed by atoms with Crippen LogP contribution in [0.15, 0.2) is 46.9 Å². The van der Waals surface area contributed by atoms with Gasteiger partial charge in [-0.3, -0.25) is 0 Å². The van der Waals surface area contributed by atoms with Gasteiger partial charge in [0.05, 0.1) is 16.7 Å². The van der Waals surface area contributed by atoms with Crippen LogP contribution in [0.1, 0.15) is 5.56 Å². The van der Waals surface area contributed by atoms with Gasteiger partial charge in [0.15, 0.2) is 0 Å². The number of nitrogens with zero attached hydrogens (tertiary/aromatic N) is 1. The fraction of sp³-hybridized carbons (Fsp3) is 0. The van der Waals surface area contributed by atoms with E-state index in [9.17, 15) is 4.79 Å². The van der Waals surface area contributed by atoms with Gasteiger partial charge in [0, 0.05) is 15.8 Å². The van der Waals surface area contributed by atoms with Crippen LogP contribution in [0.5, 0.6) is 0 Å². The predicted molar refractivity (Wildman–Crippen MR) is 83.0 cm³/mol. The van der Waals surface area contributed by atoms with Crippen molar-refractivity contribution in [3.05, 3.63) is 57.5 Å². The number of halogens is 2. The fourth-order valence-electron chi connectivity index (χ4n) is 1.50. The molecule has 0 fully saturated rings. The van der Waals surface area contributed by atoms with Gasteiger partial charge in [-0.2, -0.15) is 5.26 Å². The lowest BCUT2D eigenvalue weighted by atomic mass is 10.2. The smallest absolute Gasteiger partial charge is 0.308 e. The van der Waals surface area contributed by atoms with Crippen molar-refractivity contribution in [2.24, 2.45) is 0 Å². The molecular formula is C14H9BrClN3O. The van der Waals surface area contributed by atoms with Crippen LogP contribution in [0.2, 0.25) is 5.02 Å². The summed E-state index contributed by atoms with van der Waals surface area (Å²) in [5.41, 5.74) is 1.73. The van der Waals surface area contributed by atoms with Gasteiger partial charge < -0.3 is 10.6 Å². The largest absolute Gasteiger partial charge is 0.323 e. The highest BCUT2D eigenvalue weighted by atomic mass is 79.9. The van der Waals surface area contributed by atoms with E-state index >= 15 is 0 Å². The Labute approximate surface area is 129 Å². The second kappa shape index (κ2) is 6.42. The number of nitrogens with one attached hydrogen (secondary N) is 2. The van der Waals surface area contributed by atoms with Gasteiger partial charge in [-0.15, -0.1) is 0 Å². The Morgan fingerprint density at radius 3 is 2.30 bits per heavy atom. The van der Waals surface area contributed by atoms with Crippen molar-refractivity contribution < 1.29 is 4.79 Å². The molecule has 0 aromatic heterocycles. The van der Waals surface area contributed by atoms with E-state index in [1.54, 1.807) is 42.5 Å². The van der Waals surface area contributed by atoms with Crippen molar-refractivity contribution in [3.8, 4) is 6.07 Å². The molecule has 0 aliphatic heterocycles. The molecule has 2 N–H and O–H groups in total. The van der Waals surface area contributed by atoms with E-state index in [-0.39, 0.29) is 6.03 Å². The molecule has 6 heteroatoms. The van der Waals surface area contributed by atoms with E-state index in [1.807, 2.05) is 6.07 Å². The third kappa shape index (κ3) is 3.73. The first-order valence-electron chi connectivity index (χ1n) is 5.62. The zero-order chi connectivity index (χ0) is 14.5. The molecule has 2 amide bonds. The predicted octanol–water partition coefficient (Wildman–Crippen LogP) is 4.62. The zero-order valence-electron chi connectivity index (χ0n) is 10.2. The standard InChI is InChI=1S/C14H9BrClN3O/c15-12-6-5-11(7-13(12)16)19-14(20)18-10-3-1-9(8-17)2-4-10/h1-7H,(H2,18,19,20). The lowest BCUT2D eigenvalue weighted by Crippen LogP contribution is -2.19. The molecule has 2 aromatic rings. The van der Waals surface area contributed by atoms with Gasteiger partial charge in [0.25, 0.3) is 0 Å². The highest BCUT2D eigenvalue weighted by Crippen LogP contribution is 2.25. The molecule has 4 nitrogen and oxygen atoms in total. The molecule has 0 unspecified atom stereocenters. The first-order chi connectivity index (χ1) is 9.58. The number of hydrogen-bond acceptors (Lipinski definition) is 2. The quantitative estimate of drug-likeness (QED) is 0.830. The fourth-order valence-corrected chi connectivity index (χ4v) is 1.92. The summed E-state index contributed by atoms with van der Waals surface area (Å²) in [7, 11) is 0. The van der Waals surface area contributed by atoms with E-state index in [1.165, 1.54) is 0 Å². The molecule has 0 aliphatic carbocycles. The minimum atomic E-state index is -0.381. The van der Waals surface area contributed by atoms with Crippen LogP contribution in [-0.2, 0) is 0 Å². The first-order valence-corrected chi connectivity index (χ1v) is 6.79. The number of carbonyl (C=O) groups excluding carboxylic acids is 1. The summed E-state index contributed by atoms with van der Waals surface area (Å²) in [5, 5.41) is 14.5. The maximum Gasteiger partial charge on any atom is 0.323 e. The van der Waals surface area contributed by atoms with Gasteiger partial charge in [-0.25, -0.2) is 4.79 Å². The van der Waals surface area contributed by atoms with E-state index in [0.717, 1.165) is 4.47 Å². The molecule has 0 saturated carbocycles. The molecule has 100 valence electrons. The number of carbonyl (C=O) groups is 1. The normalized spacial score (nSPS) is 9.65. The third-order valence-corrected chi connectivity index (χ3v) is 3.68. The summed E-state index contributed by atoms with van der Waals surface area (Å²) in [6.45, 7) is 0. The number of amides is 2. The molecule has 20 heavy (non-hydrogen) atoms. The Kier molecular flexibility index (Phi) is 4.61. The number of anilines is 2. The summed E-state index contributed by atoms with van der Waals surface area (Å²) in [6, 6.07) is 13.3. The maximum absolute atomic E-state index is 11.8. The number of urea groups is 1. The molecule has 0 heterocycles.